The third kappa shape index (κ3) is 16.2. The fourth-order valence-electron chi connectivity index (χ4n) is 7.57. The van der Waals surface area contributed by atoms with Gasteiger partial charge in [-0.25, -0.2) is 0 Å². The van der Waals surface area contributed by atoms with Crippen LogP contribution in [0.3, 0.4) is 0 Å². The molecule has 2 atom stereocenters. The lowest BCUT2D eigenvalue weighted by Gasteiger charge is -2.44. The Morgan fingerprint density at radius 3 is 1.43 bits per heavy atom. The SMILES string of the molecule is CN=c1ccn(C(c2ccc(N(CCOCCO)CCOCCOCCO)cc2)(c2ccc(N(CCOCCN=O)CCOCCOCCO)cc2)C2C=CC(N(C)C)=CC2)cc1. The second kappa shape index (κ2) is 29.8. The molecule has 0 spiro atoms. The Morgan fingerprint density at radius 1 is 0.619 bits per heavy atom. The zero-order chi connectivity index (χ0) is 45.0. The number of pyridine rings is 1. The maximum absolute atomic E-state index is 10.7. The molecular weight excluding hydrogens is 809 g/mol. The average Bonchev–Trinajstić information content (AvgIpc) is 3.32. The van der Waals surface area contributed by atoms with Crippen LogP contribution >= 0.6 is 0 Å². The molecule has 3 aromatic rings. The van der Waals surface area contributed by atoms with Gasteiger partial charge in [-0.05, 0) is 60.0 Å². The molecule has 1 aliphatic carbocycles. The molecule has 1 aliphatic rings. The minimum atomic E-state index is -0.700. The molecule has 3 N–H and O–H groups in total. The van der Waals surface area contributed by atoms with Crippen molar-refractivity contribution in [3.63, 3.8) is 0 Å². The van der Waals surface area contributed by atoms with Crippen LogP contribution in [0.5, 0.6) is 0 Å². The number of aromatic nitrogens is 1. The number of anilines is 2. The van der Waals surface area contributed by atoms with Gasteiger partial charge in [-0.15, -0.1) is 0 Å². The number of likely N-dealkylation sites (N-methyl/N-ethyl adjacent to an activating group) is 1. The van der Waals surface area contributed by atoms with E-state index >= 15 is 0 Å². The summed E-state index contributed by atoms with van der Waals surface area (Å²) >= 11 is 0. The van der Waals surface area contributed by atoms with Gasteiger partial charge in [-0.1, -0.05) is 41.6 Å². The molecule has 0 saturated heterocycles. The normalized spacial score (nSPS) is 14.6. The molecule has 0 fully saturated rings. The van der Waals surface area contributed by atoms with E-state index in [0.29, 0.717) is 79.0 Å². The smallest absolute Gasteiger partial charge is 0.104 e. The molecule has 0 saturated carbocycles. The van der Waals surface area contributed by atoms with Crippen LogP contribution in [-0.2, 0) is 34.0 Å². The maximum atomic E-state index is 10.7. The van der Waals surface area contributed by atoms with Gasteiger partial charge in [0, 0.05) is 82.7 Å². The van der Waals surface area contributed by atoms with Crippen LogP contribution in [0, 0.1) is 10.8 Å². The van der Waals surface area contributed by atoms with Crippen molar-refractivity contribution in [2.75, 3.05) is 163 Å². The fourth-order valence-corrected chi connectivity index (χ4v) is 7.57. The quantitative estimate of drug-likeness (QED) is 0.0591. The van der Waals surface area contributed by atoms with Crippen molar-refractivity contribution in [2.45, 2.75) is 12.0 Å². The number of nitrogens with zero attached hydrogens (tertiary/aromatic N) is 6. The fraction of sp³-hybridized carbons (Fsp3) is 0.553. The third-order valence-corrected chi connectivity index (χ3v) is 10.8. The van der Waals surface area contributed by atoms with Crippen LogP contribution in [-0.4, -0.2) is 178 Å². The van der Waals surface area contributed by atoms with Crippen molar-refractivity contribution in [3.05, 3.63) is 118 Å². The van der Waals surface area contributed by atoms with Crippen LogP contribution in [0.15, 0.2) is 107 Å². The summed E-state index contributed by atoms with van der Waals surface area (Å²) in [7, 11) is 5.92. The maximum Gasteiger partial charge on any atom is 0.104 e. The number of benzene rings is 2. The van der Waals surface area contributed by atoms with Crippen molar-refractivity contribution in [1.29, 1.82) is 0 Å². The molecule has 0 radical (unpaired) electrons. The van der Waals surface area contributed by atoms with Crippen LogP contribution in [0.2, 0.25) is 0 Å². The monoisotopic (exact) mass is 879 g/mol. The van der Waals surface area contributed by atoms with Gasteiger partial charge in [-0.2, -0.15) is 4.91 Å². The number of hydrogen-bond acceptors (Lipinski definition) is 15. The van der Waals surface area contributed by atoms with Gasteiger partial charge >= 0.3 is 0 Å². The van der Waals surface area contributed by atoms with Crippen molar-refractivity contribution >= 4 is 11.4 Å². The second-order valence-corrected chi connectivity index (χ2v) is 14.9. The standard InChI is InChI=1S/C47H70N6O10/c1-48-43-16-19-53(20-17-43)47(40-4-10-44(11-5-40)50(2)3,42-8-14-46(15-9-42)52(22-30-59-33-25-54)24-32-61-37-39-63-35-27-56)41-6-12-45(13-7-41)51(21-29-58-28-18-49-57)23-31-60-36-38-62-34-26-55/h4,6-17,19-20,40,54-56H,5,18,21-39H2,1-3H3. The predicted molar refractivity (Wildman–Crippen MR) is 245 cm³/mol. The molecule has 1 aromatic heterocycles. The molecule has 16 heteroatoms. The molecule has 16 nitrogen and oxygen atoms in total. The Bertz CT molecular complexity index is 1800. The highest BCUT2D eigenvalue weighted by Gasteiger charge is 2.43. The summed E-state index contributed by atoms with van der Waals surface area (Å²) in [5, 5.41) is 31.1. The van der Waals surface area contributed by atoms with E-state index in [2.05, 4.69) is 123 Å². The molecule has 63 heavy (non-hydrogen) atoms. The summed E-state index contributed by atoms with van der Waals surface area (Å²) < 4.78 is 36.2. The number of aliphatic hydroxyl groups excluding tert-OH is 3. The van der Waals surface area contributed by atoms with Gasteiger partial charge in [0.05, 0.1) is 104 Å². The van der Waals surface area contributed by atoms with E-state index < -0.39 is 5.54 Å². The summed E-state index contributed by atoms with van der Waals surface area (Å²) in [5.41, 5.74) is 4.66. The van der Waals surface area contributed by atoms with Gasteiger partial charge in [0.15, 0.2) is 0 Å². The van der Waals surface area contributed by atoms with Crippen molar-refractivity contribution in [2.24, 2.45) is 16.1 Å². The topological polar surface area (TPSA) is 173 Å². The van der Waals surface area contributed by atoms with Crippen LogP contribution < -0.4 is 15.2 Å². The van der Waals surface area contributed by atoms with Crippen LogP contribution in [0.4, 0.5) is 11.4 Å². The van der Waals surface area contributed by atoms with Gasteiger partial charge in [-0.3, -0.25) is 4.99 Å². The van der Waals surface area contributed by atoms with E-state index in [1.54, 1.807) is 7.05 Å². The Hall–Kier alpha value is -4.49. The van der Waals surface area contributed by atoms with Gasteiger partial charge in [0.2, 0.25) is 0 Å². The first-order chi connectivity index (χ1) is 30.9. The Kier molecular flexibility index (Phi) is 24.2. The second-order valence-electron chi connectivity index (χ2n) is 14.9. The van der Waals surface area contributed by atoms with Gasteiger partial charge in [0.1, 0.15) is 12.1 Å². The molecule has 348 valence electrons. The van der Waals surface area contributed by atoms with Crippen molar-refractivity contribution in [1.82, 2.24) is 9.47 Å². The summed E-state index contributed by atoms with van der Waals surface area (Å²) in [4.78, 5) is 21.7. The molecule has 0 bridgehead atoms. The first-order valence-corrected chi connectivity index (χ1v) is 21.9. The minimum absolute atomic E-state index is 0.00846. The molecule has 4 rings (SSSR count). The van der Waals surface area contributed by atoms with Crippen molar-refractivity contribution in [3.8, 4) is 0 Å². The number of ether oxygens (including phenoxy) is 6. The number of nitroso groups, excluding NO2 is 1. The molecular formula is C47H70N6O10. The lowest BCUT2D eigenvalue weighted by molar-refractivity contribution is 0.0347. The lowest BCUT2D eigenvalue weighted by Crippen LogP contribution is -2.44. The van der Waals surface area contributed by atoms with E-state index in [-0.39, 0.29) is 58.7 Å². The Morgan fingerprint density at radius 2 is 1.05 bits per heavy atom. The molecule has 1 heterocycles. The van der Waals surface area contributed by atoms with E-state index in [9.17, 15) is 10.0 Å². The number of aliphatic hydroxyl groups is 3. The lowest BCUT2D eigenvalue weighted by atomic mass is 9.69. The third-order valence-electron chi connectivity index (χ3n) is 10.8. The van der Waals surface area contributed by atoms with Crippen LogP contribution in [0.1, 0.15) is 17.5 Å². The summed E-state index contributed by atoms with van der Waals surface area (Å²) in [6.45, 7) is 6.98. The zero-order valence-corrected chi connectivity index (χ0v) is 37.5. The highest BCUT2D eigenvalue weighted by Crippen LogP contribution is 2.45. The molecule has 2 unspecified atom stereocenters. The van der Waals surface area contributed by atoms with E-state index in [1.807, 2.05) is 12.1 Å². The number of allylic oxidation sites excluding steroid dienone is 3. The largest absolute Gasteiger partial charge is 0.394 e. The highest BCUT2D eigenvalue weighted by atomic mass is 16.5. The molecule has 0 aliphatic heterocycles. The first kappa shape index (κ1) is 51.1. The predicted octanol–water partition coefficient (Wildman–Crippen LogP) is 3.29. The zero-order valence-electron chi connectivity index (χ0n) is 37.5. The summed E-state index contributed by atoms with van der Waals surface area (Å²) in [6.07, 6.45) is 11.9. The summed E-state index contributed by atoms with van der Waals surface area (Å²) in [5.74, 6) is 0.00846. The summed E-state index contributed by atoms with van der Waals surface area (Å²) in [6, 6.07) is 21.6. The first-order valence-electron chi connectivity index (χ1n) is 21.9. The molecule has 0 amide bonds. The molecule has 2 aromatic carbocycles. The van der Waals surface area contributed by atoms with E-state index in [4.69, 9.17) is 38.6 Å². The highest BCUT2D eigenvalue weighted by molar-refractivity contribution is 5.55. The van der Waals surface area contributed by atoms with E-state index in [1.165, 1.54) is 0 Å². The van der Waals surface area contributed by atoms with Gasteiger partial charge in [0.25, 0.3) is 0 Å². The Labute approximate surface area is 372 Å². The van der Waals surface area contributed by atoms with Crippen molar-refractivity contribution < 1.29 is 43.7 Å². The Balaban J connectivity index is 1.75. The number of rotatable bonds is 34. The van der Waals surface area contributed by atoms with Gasteiger partial charge < -0.3 is 63.0 Å². The van der Waals surface area contributed by atoms with Crippen LogP contribution in [0.25, 0.3) is 0 Å². The number of hydrogen-bond donors (Lipinski definition) is 3. The average molecular weight is 879 g/mol. The van der Waals surface area contributed by atoms with E-state index in [0.717, 1.165) is 40.0 Å². The minimum Gasteiger partial charge on any atom is -0.394 e.